The molecule has 0 spiro atoms. The van der Waals surface area contributed by atoms with Crippen LogP contribution in [0.2, 0.25) is 0 Å². The average molecular weight is 486 g/mol. The van der Waals surface area contributed by atoms with Crippen LogP contribution in [0.3, 0.4) is 0 Å². The lowest BCUT2D eigenvalue weighted by atomic mass is 9.92. The van der Waals surface area contributed by atoms with E-state index in [-0.39, 0.29) is 12.4 Å². The minimum absolute atomic E-state index is 0.0299. The van der Waals surface area contributed by atoms with Crippen LogP contribution in [0.15, 0.2) is 72.3 Å². The molecule has 36 heavy (non-hydrogen) atoms. The van der Waals surface area contributed by atoms with E-state index in [1.807, 2.05) is 60.0 Å². The average Bonchev–Trinajstić information content (AvgIpc) is 3.27. The number of imidazole rings is 1. The molecule has 4 aromatic rings. The predicted octanol–water partition coefficient (Wildman–Crippen LogP) is 5.14. The molecular formula is C28H27N3O5. The van der Waals surface area contributed by atoms with Crippen LogP contribution in [0.4, 0.5) is 5.95 Å². The third-order valence-corrected chi connectivity index (χ3v) is 6.11. The van der Waals surface area contributed by atoms with E-state index in [4.69, 9.17) is 19.2 Å². The lowest BCUT2D eigenvalue weighted by Gasteiger charge is -2.31. The number of aromatic nitrogens is 2. The van der Waals surface area contributed by atoms with E-state index in [1.165, 1.54) is 0 Å². The maximum atomic E-state index is 13.6. The van der Waals surface area contributed by atoms with Gasteiger partial charge in [-0.25, -0.2) is 9.78 Å². The molecule has 0 saturated carbocycles. The molecule has 1 unspecified atom stereocenters. The summed E-state index contributed by atoms with van der Waals surface area (Å²) in [5.41, 5.74) is 4.18. The van der Waals surface area contributed by atoms with Crippen LogP contribution in [0, 0.1) is 0 Å². The third-order valence-electron chi connectivity index (χ3n) is 6.11. The maximum absolute atomic E-state index is 13.6. The Hall–Kier alpha value is -4.46. The van der Waals surface area contributed by atoms with E-state index >= 15 is 0 Å². The lowest BCUT2D eigenvalue weighted by molar-refractivity contribution is -0.138. The molecule has 0 bridgehead atoms. The second kappa shape index (κ2) is 9.65. The van der Waals surface area contributed by atoms with Gasteiger partial charge in [-0.2, -0.15) is 0 Å². The van der Waals surface area contributed by atoms with E-state index in [1.54, 1.807) is 32.2 Å². The smallest absolute Gasteiger partial charge is 0.338 e. The number of phenolic OH excluding ortho intramolecular Hbond substituents is 1. The molecule has 0 saturated heterocycles. The van der Waals surface area contributed by atoms with Gasteiger partial charge in [0.25, 0.3) is 0 Å². The number of ether oxygens (including phenoxy) is 3. The van der Waals surface area contributed by atoms with Crippen LogP contribution in [-0.2, 0) is 9.53 Å². The summed E-state index contributed by atoms with van der Waals surface area (Å²) in [6.45, 7) is 4.24. The van der Waals surface area contributed by atoms with Crippen LogP contribution in [0.25, 0.3) is 16.7 Å². The highest BCUT2D eigenvalue weighted by Crippen LogP contribution is 2.44. The number of hydrogen-bond acceptors (Lipinski definition) is 7. The molecule has 1 aliphatic rings. The molecule has 0 fully saturated rings. The quantitative estimate of drug-likeness (QED) is 0.350. The number of aromatic hydroxyl groups is 1. The first-order chi connectivity index (χ1) is 17.5. The third kappa shape index (κ3) is 4.00. The summed E-state index contributed by atoms with van der Waals surface area (Å²) in [6.07, 6.45) is 0. The largest absolute Gasteiger partial charge is 0.504 e. The molecule has 0 amide bonds. The molecule has 0 radical (unpaired) electrons. The summed E-state index contributed by atoms with van der Waals surface area (Å²) in [5, 5.41) is 13.7. The number of anilines is 1. The standard InChI is InChI=1S/C28H27N3O5/c1-4-35-23-16-18(12-15-22(23)32)26-24(27(33)36-5-2)25(17-10-13-19(34-3)14-11-17)30-28-29-20-8-6-7-9-21(20)31(26)28/h6-16,26,32H,4-5H2,1-3H3,(H,29,30). The van der Waals surface area contributed by atoms with Gasteiger partial charge in [0.15, 0.2) is 11.5 Å². The Kier molecular flexibility index (Phi) is 6.25. The van der Waals surface area contributed by atoms with Gasteiger partial charge in [0.2, 0.25) is 5.95 Å². The minimum atomic E-state index is -0.593. The summed E-state index contributed by atoms with van der Waals surface area (Å²) in [5.74, 6) is 1.22. The highest BCUT2D eigenvalue weighted by Gasteiger charge is 2.37. The van der Waals surface area contributed by atoms with E-state index < -0.39 is 12.0 Å². The number of nitrogens with zero attached hydrogens (tertiary/aromatic N) is 2. The first kappa shape index (κ1) is 23.3. The Labute approximate surface area is 208 Å². The minimum Gasteiger partial charge on any atom is -0.504 e. The second-order valence-electron chi connectivity index (χ2n) is 8.22. The molecular weight excluding hydrogens is 458 g/mol. The van der Waals surface area contributed by atoms with Crippen molar-refractivity contribution in [2.45, 2.75) is 19.9 Å². The molecule has 8 nitrogen and oxygen atoms in total. The van der Waals surface area contributed by atoms with Gasteiger partial charge in [-0.1, -0.05) is 18.2 Å². The maximum Gasteiger partial charge on any atom is 0.338 e. The van der Waals surface area contributed by atoms with E-state index in [9.17, 15) is 9.90 Å². The molecule has 5 rings (SSSR count). The van der Waals surface area contributed by atoms with Crippen molar-refractivity contribution < 1.29 is 24.1 Å². The molecule has 3 aromatic carbocycles. The fraction of sp³-hybridized carbons (Fsp3) is 0.214. The summed E-state index contributed by atoms with van der Waals surface area (Å²) < 4.78 is 18.5. The van der Waals surface area contributed by atoms with Crippen LogP contribution < -0.4 is 14.8 Å². The monoisotopic (exact) mass is 485 g/mol. The number of carbonyl (C=O) groups excluding carboxylic acids is 1. The van der Waals surface area contributed by atoms with E-state index in [0.717, 1.165) is 22.2 Å². The van der Waals surface area contributed by atoms with E-state index in [2.05, 4.69) is 5.32 Å². The van der Waals surface area contributed by atoms with Gasteiger partial charge in [0.1, 0.15) is 5.75 Å². The highest BCUT2D eigenvalue weighted by atomic mass is 16.5. The van der Waals surface area contributed by atoms with Crippen LogP contribution >= 0.6 is 0 Å². The summed E-state index contributed by atoms with van der Waals surface area (Å²) in [7, 11) is 1.61. The van der Waals surface area contributed by atoms with Crippen molar-refractivity contribution in [1.82, 2.24) is 9.55 Å². The number of carbonyl (C=O) groups is 1. The molecule has 184 valence electrons. The van der Waals surface area contributed by atoms with Gasteiger partial charge in [-0.05, 0) is 73.5 Å². The Morgan fingerprint density at radius 1 is 1.06 bits per heavy atom. The summed E-state index contributed by atoms with van der Waals surface area (Å²) in [4.78, 5) is 18.4. The zero-order valence-electron chi connectivity index (χ0n) is 20.3. The lowest BCUT2D eigenvalue weighted by Crippen LogP contribution is -2.29. The molecule has 2 N–H and O–H groups in total. The van der Waals surface area contributed by atoms with Crippen molar-refractivity contribution in [3.8, 4) is 17.2 Å². The zero-order chi connectivity index (χ0) is 25.2. The summed E-state index contributed by atoms with van der Waals surface area (Å²) >= 11 is 0. The number of hydrogen-bond donors (Lipinski definition) is 2. The topological polar surface area (TPSA) is 94.8 Å². The number of benzene rings is 3. The first-order valence-corrected chi connectivity index (χ1v) is 11.8. The van der Waals surface area contributed by atoms with Gasteiger partial charge < -0.3 is 24.6 Å². The Bertz CT molecular complexity index is 1460. The van der Waals surface area contributed by atoms with Gasteiger partial charge >= 0.3 is 5.97 Å². The predicted molar refractivity (Wildman–Crippen MR) is 137 cm³/mol. The summed E-state index contributed by atoms with van der Waals surface area (Å²) in [6, 6.07) is 19.7. The van der Waals surface area contributed by atoms with Crippen molar-refractivity contribution >= 4 is 28.6 Å². The van der Waals surface area contributed by atoms with Crippen LogP contribution in [0.1, 0.15) is 31.0 Å². The molecule has 0 aliphatic carbocycles. The number of methoxy groups -OCH3 is 1. The number of fused-ring (bicyclic) bond motifs is 3. The van der Waals surface area contributed by atoms with Crippen molar-refractivity contribution in [2.24, 2.45) is 0 Å². The van der Waals surface area contributed by atoms with E-state index in [0.29, 0.717) is 35.3 Å². The number of esters is 1. The molecule has 1 aliphatic heterocycles. The molecule has 1 aromatic heterocycles. The van der Waals surface area contributed by atoms with Crippen LogP contribution in [-0.4, -0.2) is 41.0 Å². The van der Waals surface area contributed by atoms with Gasteiger partial charge in [0.05, 0.1) is 48.7 Å². The van der Waals surface area contributed by atoms with Crippen molar-refractivity contribution in [1.29, 1.82) is 0 Å². The number of phenols is 1. The number of rotatable bonds is 7. The van der Waals surface area contributed by atoms with Crippen molar-refractivity contribution in [3.05, 3.63) is 83.4 Å². The Morgan fingerprint density at radius 3 is 2.56 bits per heavy atom. The van der Waals surface area contributed by atoms with Crippen LogP contribution in [0.5, 0.6) is 17.2 Å². The SMILES string of the molecule is CCOC(=O)C1=C(c2ccc(OC)cc2)Nc2nc3ccccc3n2C1c1ccc(O)c(OCC)c1. The Morgan fingerprint density at radius 2 is 1.83 bits per heavy atom. The molecule has 2 heterocycles. The van der Waals surface area contributed by atoms with Gasteiger partial charge in [-0.3, -0.25) is 4.57 Å². The van der Waals surface area contributed by atoms with Gasteiger partial charge in [0, 0.05) is 0 Å². The highest BCUT2D eigenvalue weighted by molar-refractivity contribution is 6.03. The number of nitrogens with one attached hydrogen (secondary N) is 1. The van der Waals surface area contributed by atoms with Gasteiger partial charge in [-0.15, -0.1) is 0 Å². The second-order valence-corrected chi connectivity index (χ2v) is 8.22. The molecule has 1 atom stereocenters. The Balaban J connectivity index is 1.80. The van der Waals surface area contributed by atoms with Crippen molar-refractivity contribution in [3.63, 3.8) is 0 Å². The normalized spacial score (nSPS) is 14.8. The fourth-order valence-corrected chi connectivity index (χ4v) is 4.53. The zero-order valence-corrected chi connectivity index (χ0v) is 20.3. The molecule has 8 heteroatoms. The fourth-order valence-electron chi connectivity index (χ4n) is 4.53. The first-order valence-electron chi connectivity index (χ1n) is 11.8. The van der Waals surface area contributed by atoms with Crippen molar-refractivity contribution in [2.75, 3.05) is 25.6 Å². The number of para-hydroxylation sites is 2.